The summed E-state index contributed by atoms with van der Waals surface area (Å²) in [5, 5.41) is 7.26. The molecule has 1 aromatic carbocycles. The van der Waals surface area contributed by atoms with E-state index in [1.165, 1.54) is 32.2 Å². The molecule has 0 saturated carbocycles. The van der Waals surface area contributed by atoms with Gasteiger partial charge in [0.25, 0.3) is 5.91 Å². The van der Waals surface area contributed by atoms with Crippen LogP contribution in [0.15, 0.2) is 42.7 Å². The number of halogens is 2. The molecule has 3 aromatic rings. The van der Waals surface area contributed by atoms with Crippen LogP contribution in [0.4, 0.5) is 14.5 Å². The van der Waals surface area contributed by atoms with Crippen LogP contribution >= 0.6 is 0 Å². The van der Waals surface area contributed by atoms with Gasteiger partial charge in [-0.3, -0.25) is 4.79 Å². The molecular weight excluding hydrogens is 338 g/mol. The molecule has 1 atom stereocenters. The SMILES string of the molecule is C[C@@H](Nc1c(C(N)=O)cnn2cc(-c3ccc(F)cc3)cc12)C(C)(C)F. The minimum Gasteiger partial charge on any atom is -0.377 e. The fourth-order valence-corrected chi connectivity index (χ4v) is 2.58. The predicted molar refractivity (Wildman–Crippen MR) is 97.4 cm³/mol. The lowest BCUT2D eigenvalue weighted by atomic mass is 10.0. The van der Waals surface area contributed by atoms with Gasteiger partial charge in [-0.25, -0.2) is 13.3 Å². The van der Waals surface area contributed by atoms with Gasteiger partial charge in [0, 0.05) is 11.8 Å². The van der Waals surface area contributed by atoms with Gasteiger partial charge in [-0.1, -0.05) is 12.1 Å². The van der Waals surface area contributed by atoms with Crippen LogP contribution in [0.5, 0.6) is 0 Å². The number of anilines is 1. The zero-order valence-corrected chi connectivity index (χ0v) is 14.8. The number of aromatic nitrogens is 2. The Kier molecular flexibility index (Phi) is 4.39. The van der Waals surface area contributed by atoms with E-state index in [-0.39, 0.29) is 11.4 Å². The van der Waals surface area contributed by atoms with Gasteiger partial charge >= 0.3 is 0 Å². The summed E-state index contributed by atoms with van der Waals surface area (Å²) in [7, 11) is 0. The highest BCUT2D eigenvalue weighted by Gasteiger charge is 2.27. The maximum Gasteiger partial charge on any atom is 0.252 e. The normalized spacial score (nSPS) is 13.0. The molecule has 5 nitrogen and oxygen atoms in total. The first-order valence-electron chi connectivity index (χ1n) is 8.19. The standard InChI is InChI=1S/C19H20F2N4O/c1-11(19(2,3)21)24-17-15(18(22)26)9-23-25-10-13(8-16(17)25)12-4-6-14(20)7-5-12/h4-11,24H,1-3H3,(H2,22,26)/t11-/m1/s1. The molecule has 7 heteroatoms. The Morgan fingerprint density at radius 2 is 1.92 bits per heavy atom. The summed E-state index contributed by atoms with van der Waals surface area (Å²) >= 11 is 0. The van der Waals surface area contributed by atoms with Crippen molar-refractivity contribution in [2.45, 2.75) is 32.5 Å². The van der Waals surface area contributed by atoms with Crippen LogP contribution in [0.2, 0.25) is 0 Å². The Balaban J connectivity index is 2.14. The summed E-state index contributed by atoms with van der Waals surface area (Å²) in [5.41, 5.74) is 6.70. The molecule has 2 heterocycles. The van der Waals surface area contributed by atoms with Gasteiger partial charge in [0.15, 0.2) is 0 Å². The minimum absolute atomic E-state index is 0.178. The second kappa shape index (κ2) is 6.40. The van der Waals surface area contributed by atoms with Crippen LogP contribution in [0.25, 0.3) is 16.6 Å². The third-order valence-corrected chi connectivity index (χ3v) is 4.47. The maximum atomic E-state index is 14.3. The molecule has 3 N–H and O–H groups in total. The highest BCUT2D eigenvalue weighted by atomic mass is 19.1. The number of rotatable bonds is 5. The zero-order chi connectivity index (χ0) is 19.1. The molecule has 3 rings (SSSR count). The molecule has 0 saturated heterocycles. The molecule has 0 aliphatic carbocycles. The van der Waals surface area contributed by atoms with Crippen molar-refractivity contribution >= 4 is 17.1 Å². The van der Waals surface area contributed by atoms with Crippen LogP contribution in [0, 0.1) is 5.82 Å². The minimum atomic E-state index is -1.51. The summed E-state index contributed by atoms with van der Waals surface area (Å²) < 4.78 is 29.0. The smallest absolute Gasteiger partial charge is 0.252 e. The van der Waals surface area contributed by atoms with Crippen LogP contribution < -0.4 is 11.1 Å². The monoisotopic (exact) mass is 358 g/mol. The largest absolute Gasteiger partial charge is 0.377 e. The summed E-state index contributed by atoms with van der Waals surface area (Å²) in [4.78, 5) is 11.8. The lowest BCUT2D eigenvalue weighted by molar-refractivity contribution is 0.1000. The molecule has 0 fully saturated rings. The van der Waals surface area contributed by atoms with Crippen LogP contribution in [0.1, 0.15) is 31.1 Å². The number of fused-ring (bicyclic) bond motifs is 1. The molecule has 26 heavy (non-hydrogen) atoms. The van der Waals surface area contributed by atoms with E-state index in [0.717, 1.165) is 11.1 Å². The van der Waals surface area contributed by atoms with Crippen molar-refractivity contribution in [1.82, 2.24) is 9.61 Å². The molecule has 0 bridgehead atoms. The number of hydrogen-bond acceptors (Lipinski definition) is 3. The molecular formula is C19H20F2N4O. The topological polar surface area (TPSA) is 72.4 Å². The first-order valence-corrected chi connectivity index (χ1v) is 8.19. The van der Waals surface area contributed by atoms with Crippen molar-refractivity contribution in [1.29, 1.82) is 0 Å². The van der Waals surface area contributed by atoms with E-state index in [0.29, 0.717) is 11.2 Å². The first kappa shape index (κ1) is 17.8. The van der Waals surface area contributed by atoms with Gasteiger partial charge in [0.1, 0.15) is 11.5 Å². The molecule has 0 radical (unpaired) electrons. The van der Waals surface area contributed by atoms with Crippen molar-refractivity contribution < 1.29 is 13.6 Å². The third kappa shape index (κ3) is 3.37. The van der Waals surface area contributed by atoms with Crippen molar-refractivity contribution in [3.8, 4) is 11.1 Å². The van der Waals surface area contributed by atoms with Crippen molar-refractivity contribution in [2.24, 2.45) is 5.73 Å². The van der Waals surface area contributed by atoms with E-state index in [9.17, 15) is 13.6 Å². The van der Waals surface area contributed by atoms with Gasteiger partial charge in [0.05, 0.1) is 29.0 Å². The number of carbonyl (C=O) groups excluding carboxylic acids is 1. The number of benzene rings is 1. The number of nitrogens with one attached hydrogen (secondary N) is 1. The van der Waals surface area contributed by atoms with Crippen molar-refractivity contribution in [3.63, 3.8) is 0 Å². The van der Waals surface area contributed by atoms with E-state index < -0.39 is 17.6 Å². The number of nitrogens with two attached hydrogens (primary N) is 1. The van der Waals surface area contributed by atoms with E-state index in [1.807, 2.05) is 0 Å². The second-order valence-corrected chi connectivity index (χ2v) is 6.79. The first-order chi connectivity index (χ1) is 12.2. The average Bonchev–Trinajstić information content (AvgIpc) is 2.99. The lowest BCUT2D eigenvalue weighted by Gasteiger charge is -2.26. The number of carbonyl (C=O) groups is 1. The molecule has 1 amide bonds. The van der Waals surface area contributed by atoms with Gasteiger partial charge < -0.3 is 11.1 Å². The molecule has 2 aromatic heterocycles. The van der Waals surface area contributed by atoms with Gasteiger partial charge in [-0.2, -0.15) is 5.10 Å². The lowest BCUT2D eigenvalue weighted by Crippen LogP contribution is -2.36. The molecule has 0 aliphatic heterocycles. The van der Waals surface area contributed by atoms with Crippen molar-refractivity contribution in [2.75, 3.05) is 5.32 Å². The number of nitrogens with zero attached hydrogens (tertiary/aromatic N) is 2. The average molecular weight is 358 g/mol. The molecule has 0 unspecified atom stereocenters. The summed E-state index contributed by atoms with van der Waals surface area (Å²) in [6.07, 6.45) is 3.10. The van der Waals surface area contributed by atoms with E-state index in [1.54, 1.807) is 35.8 Å². The quantitative estimate of drug-likeness (QED) is 0.729. The predicted octanol–water partition coefficient (Wildman–Crippen LogP) is 3.79. The van der Waals surface area contributed by atoms with E-state index in [2.05, 4.69) is 10.4 Å². The summed E-state index contributed by atoms with van der Waals surface area (Å²) in [6.45, 7) is 4.59. The highest BCUT2D eigenvalue weighted by molar-refractivity contribution is 6.02. The zero-order valence-electron chi connectivity index (χ0n) is 14.8. The number of primary amides is 1. The second-order valence-electron chi connectivity index (χ2n) is 6.79. The maximum absolute atomic E-state index is 14.3. The van der Waals surface area contributed by atoms with E-state index in [4.69, 9.17) is 5.73 Å². The van der Waals surface area contributed by atoms with Gasteiger partial charge in [-0.15, -0.1) is 0 Å². The van der Waals surface area contributed by atoms with Crippen molar-refractivity contribution in [3.05, 3.63) is 54.1 Å². The molecule has 0 aliphatic rings. The fraction of sp³-hybridized carbons (Fsp3) is 0.263. The summed E-state index contributed by atoms with van der Waals surface area (Å²) in [6, 6.07) is 7.27. The van der Waals surface area contributed by atoms with Crippen LogP contribution in [-0.4, -0.2) is 27.2 Å². The fourth-order valence-electron chi connectivity index (χ4n) is 2.58. The van der Waals surface area contributed by atoms with Crippen LogP contribution in [-0.2, 0) is 0 Å². The Morgan fingerprint density at radius 1 is 1.27 bits per heavy atom. The molecule has 136 valence electrons. The molecule has 0 spiro atoms. The number of hydrogen-bond donors (Lipinski definition) is 2. The highest BCUT2D eigenvalue weighted by Crippen LogP contribution is 2.30. The van der Waals surface area contributed by atoms with Crippen LogP contribution in [0.3, 0.4) is 0 Å². The Labute approximate surface area is 149 Å². The van der Waals surface area contributed by atoms with Gasteiger partial charge in [0.2, 0.25) is 0 Å². The Hall–Kier alpha value is -2.96. The third-order valence-electron chi connectivity index (χ3n) is 4.47. The van der Waals surface area contributed by atoms with Gasteiger partial charge in [-0.05, 0) is 44.5 Å². The number of alkyl halides is 1. The Morgan fingerprint density at radius 3 is 2.50 bits per heavy atom. The number of amides is 1. The van der Waals surface area contributed by atoms with E-state index >= 15 is 0 Å². The summed E-state index contributed by atoms with van der Waals surface area (Å²) in [5.74, 6) is -0.982. The Bertz CT molecular complexity index is 958.